The fraction of sp³-hybridized carbons (Fsp3) is 0.0286. The maximum absolute atomic E-state index is 5.01. The Morgan fingerprint density at radius 3 is 1.51 bits per heavy atom. The Bertz CT molecular complexity index is 2000. The molecule has 0 N–H and O–H groups in total. The molecule has 1 spiro atoms. The highest BCUT2D eigenvalue weighted by Crippen LogP contribution is 2.62. The first-order valence-electron chi connectivity index (χ1n) is 13.8. The summed E-state index contributed by atoms with van der Waals surface area (Å²) >= 11 is 0. The average Bonchev–Trinajstić information content (AvgIpc) is 3.65. The molecule has 6 nitrogen and oxygen atoms in total. The minimum absolute atomic E-state index is 0.794. The molecule has 0 aliphatic carbocycles. The number of rotatable bonds is 3. The molecule has 4 heterocycles. The predicted molar refractivity (Wildman–Crippen MR) is 165 cm³/mol. The lowest BCUT2D eigenvalue weighted by atomic mass is 10.1. The molecule has 2 aliphatic heterocycles. The fourth-order valence-electron chi connectivity index (χ4n) is 6.81. The lowest BCUT2D eigenvalue weighted by Gasteiger charge is -2.49. The molecular weight excluding hydrogens is 504 g/mol. The molecule has 2 aliphatic rings. The summed E-state index contributed by atoms with van der Waals surface area (Å²) in [6.45, 7) is 0. The number of anilines is 6. The van der Waals surface area contributed by atoms with Crippen LogP contribution in [-0.2, 0) is 5.91 Å². The Labute approximate surface area is 237 Å². The molecule has 0 saturated carbocycles. The van der Waals surface area contributed by atoms with Gasteiger partial charge < -0.3 is 0 Å². The molecule has 0 amide bonds. The summed E-state index contributed by atoms with van der Waals surface area (Å²) in [4.78, 5) is 17.2. The zero-order chi connectivity index (χ0) is 27.0. The summed E-state index contributed by atoms with van der Waals surface area (Å²) in [5.41, 5.74) is 6.55. The van der Waals surface area contributed by atoms with E-state index in [4.69, 9.17) is 9.97 Å². The predicted octanol–water partition coefficient (Wildman–Crippen LogP) is 8.29. The molecule has 6 heteroatoms. The quantitative estimate of drug-likeness (QED) is 0.231. The summed E-state index contributed by atoms with van der Waals surface area (Å²) in [5.74, 6) is 0.628. The van der Waals surface area contributed by atoms with E-state index >= 15 is 0 Å². The highest BCUT2D eigenvalue weighted by molar-refractivity contribution is 6.15. The van der Waals surface area contributed by atoms with Crippen LogP contribution in [0.15, 0.2) is 146 Å². The highest BCUT2D eigenvalue weighted by atomic mass is 15.7. The molecule has 194 valence electrons. The first-order chi connectivity index (χ1) is 20.4. The van der Waals surface area contributed by atoms with Crippen molar-refractivity contribution in [3.63, 3.8) is 0 Å². The molecule has 9 rings (SSSR count). The molecule has 41 heavy (non-hydrogen) atoms. The van der Waals surface area contributed by atoms with Crippen LogP contribution in [-0.4, -0.2) is 14.5 Å². The van der Waals surface area contributed by atoms with Crippen molar-refractivity contribution in [2.24, 2.45) is 0 Å². The minimum atomic E-state index is -0.960. The number of fused-ring (bicyclic) bond motifs is 5. The first kappa shape index (κ1) is 22.2. The van der Waals surface area contributed by atoms with Gasteiger partial charge >= 0.3 is 0 Å². The molecule has 0 saturated heterocycles. The van der Waals surface area contributed by atoms with Gasteiger partial charge in [0.25, 0.3) is 5.91 Å². The van der Waals surface area contributed by atoms with E-state index in [1.54, 1.807) is 12.4 Å². The van der Waals surface area contributed by atoms with Crippen molar-refractivity contribution < 1.29 is 0 Å². The van der Waals surface area contributed by atoms with E-state index in [0.29, 0.717) is 0 Å². The van der Waals surface area contributed by atoms with Crippen LogP contribution in [0.4, 0.5) is 34.4 Å². The number of aromatic nitrogens is 3. The number of nitrogens with zero attached hydrogens (tertiary/aromatic N) is 6. The number of benzene rings is 5. The van der Waals surface area contributed by atoms with Crippen molar-refractivity contribution in [1.29, 1.82) is 0 Å². The molecule has 2 aromatic heterocycles. The topological polar surface area (TPSA) is 40.4 Å². The fourth-order valence-corrected chi connectivity index (χ4v) is 6.81. The summed E-state index contributed by atoms with van der Waals surface area (Å²) in [6, 6.07) is 47.1. The van der Waals surface area contributed by atoms with Crippen molar-refractivity contribution in [3.05, 3.63) is 146 Å². The Hall–Kier alpha value is -5.62. The molecule has 0 radical (unpaired) electrons. The Morgan fingerprint density at radius 1 is 0.439 bits per heavy atom. The van der Waals surface area contributed by atoms with Crippen molar-refractivity contribution in [1.82, 2.24) is 14.5 Å². The van der Waals surface area contributed by atoms with Crippen LogP contribution in [0.3, 0.4) is 0 Å². The van der Waals surface area contributed by atoms with Gasteiger partial charge in [-0.15, -0.1) is 0 Å². The summed E-state index contributed by atoms with van der Waals surface area (Å²) in [6.07, 6.45) is 3.57. The Morgan fingerprint density at radius 2 is 0.927 bits per heavy atom. The lowest BCUT2D eigenvalue weighted by molar-refractivity contribution is 0.355. The zero-order valence-corrected chi connectivity index (χ0v) is 22.0. The highest BCUT2D eigenvalue weighted by Gasteiger charge is 2.63. The molecule has 0 fully saturated rings. The molecular formula is C35H24N6. The smallest absolute Gasteiger partial charge is 0.280 e. The third kappa shape index (κ3) is 2.76. The summed E-state index contributed by atoms with van der Waals surface area (Å²) in [7, 11) is 0. The van der Waals surface area contributed by atoms with Crippen LogP contribution in [0.5, 0.6) is 0 Å². The number of hydrogen-bond donors (Lipinski definition) is 0. The second kappa shape index (κ2) is 8.19. The Kier molecular flexibility index (Phi) is 4.44. The second-order valence-electron chi connectivity index (χ2n) is 10.3. The maximum atomic E-state index is 5.01. The van der Waals surface area contributed by atoms with Crippen LogP contribution < -0.4 is 14.7 Å². The van der Waals surface area contributed by atoms with E-state index in [1.165, 1.54) is 16.3 Å². The van der Waals surface area contributed by atoms with Gasteiger partial charge in [0.05, 0.1) is 16.7 Å². The van der Waals surface area contributed by atoms with Gasteiger partial charge in [-0.3, -0.25) is 19.3 Å². The van der Waals surface area contributed by atoms with Crippen molar-refractivity contribution in [2.75, 3.05) is 14.7 Å². The Balaban J connectivity index is 1.53. The zero-order valence-electron chi connectivity index (χ0n) is 22.0. The number of hydrogen-bond acceptors (Lipinski definition) is 5. The monoisotopic (exact) mass is 528 g/mol. The van der Waals surface area contributed by atoms with Crippen molar-refractivity contribution >= 4 is 56.2 Å². The lowest BCUT2D eigenvalue weighted by Crippen LogP contribution is -2.63. The van der Waals surface area contributed by atoms with Crippen molar-refractivity contribution in [2.45, 2.75) is 5.91 Å². The van der Waals surface area contributed by atoms with E-state index in [9.17, 15) is 0 Å². The van der Waals surface area contributed by atoms with E-state index in [1.807, 2.05) is 0 Å². The van der Waals surface area contributed by atoms with Crippen LogP contribution in [0, 0.1) is 0 Å². The second-order valence-corrected chi connectivity index (χ2v) is 10.3. The van der Waals surface area contributed by atoms with Crippen molar-refractivity contribution in [3.8, 4) is 0 Å². The third-order valence-electron chi connectivity index (χ3n) is 8.24. The van der Waals surface area contributed by atoms with Crippen LogP contribution in [0.25, 0.3) is 21.8 Å². The molecule has 0 unspecified atom stereocenters. The van der Waals surface area contributed by atoms with Gasteiger partial charge in [0.1, 0.15) is 0 Å². The third-order valence-corrected chi connectivity index (χ3v) is 8.24. The number of para-hydroxylation sites is 5. The van der Waals surface area contributed by atoms with E-state index in [-0.39, 0.29) is 0 Å². The van der Waals surface area contributed by atoms with E-state index < -0.39 is 5.91 Å². The molecule has 7 aromatic rings. The molecule has 0 atom stereocenters. The van der Waals surface area contributed by atoms with Crippen LogP contribution in [0.1, 0.15) is 0 Å². The molecule has 5 aromatic carbocycles. The van der Waals surface area contributed by atoms with E-state index in [0.717, 1.165) is 39.9 Å². The minimum Gasteiger partial charge on any atom is -0.280 e. The summed E-state index contributed by atoms with van der Waals surface area (Å²) < 4.78 is 2.49. The van der Waals surface area contributed by atoms with Gasteiger partial charge in [-0.2, -0.15) is 0 Å². The van der Waals surface area contributed by atoms with Gasteiger partial charge in [0.15, 0.2) is 11.6 Å². The van der Waals surface area contributed by atoms with Gasteiger partial charge in [-0.1, -0.05) is 84.9 Å². The normalized spacial score (nSPS) is 14.9. The van der Waals surface area contributed by atoms with Gasteiger partial charge in [-0.05, 0) is 48.5 Å². The largest absolute Gasteiger partial charge is 0.298 e. The molecule has 0 bridgehead atoms. The van der Waals surface area contributed by atoms with E-state index in [2.05, 4.69) is 153 Å². The van der Waals surface area contributed by atoms with Crippen LogP contribution in [0.2, 0.25) is 0 Å². The van der Waals surface area contributed by atoms with Gasteiger partial charge in [0, 0.05) is 40.2 Å². The summed E-state index contributed by atoms with van der Waals surface area (Å²) in [5, 5.41) is 2.43. The van der Waals surface area contributed by atoms with Crippen LogP contribution >= 0.6 is 0 Å². The average molecular weight is 529 g/mol. The maximum Gasteiger partial charge on any atom is 0.298 e. The van der Waals surface area contributed by atoms with Gasteiger partial charge in [-0.25, -0.2) is 9.97 Å². The van der Waals surface area contributed by atoms with Gasteiger partial charge in [0.2, 0.25) is 0 Å². The standard InChI is InChI=1S/C35H24N6/c1-4-13-25(14-5-1)38-31-22-12-20-29-28-19-10-11-21-30(28)41(32(29)31)35(38)39(26-15-6-2-7-16-26)33-34(37-24-23-36-33)40(35)27-17-8-3-9-18-27/h1-24H. The first-order valence-corrected chi connectivity index (χ1v) is 13.8. The SMILES string of the molecule is c1ccc(N2c3nccnc3N(c3ccccc3)C23N(c2ccccc2)c2cccc4c5ccccc5n3c24)cc1.